The minimum Gasteiger partial charge on any atom is -0.550 e. The van der Waals surface area contributed by atoms with Gasteiger partial charge in [-0.1, -0.05) is 19.3 Å². The second-order valence-electron chi connectivity index (χ2n) is 2.68. The first-order valence-corrected chi connectivity index (χ1v) is 4.17. The van der Waals surface area contributed by atoms with Gasteiger partial charge >= 0.3 is 29.6 Å². The molecule has 0 atom stereocenters. The van der Waals surface area contributed by atoms with Gasteiger partial charge in [-0.15, -0.1) is 0 Å². The molecule has 3 nitrogen and oxygen atoms in total. The SMILES string of the molecule is NCCCCCCCC(=O)[O-].[Na+]. The van der Waals surface area contributed by atoms with Gasteiger partial charge in [0.15, 0.2) is 0 Å². The maximum Gasteiger partial charge on any atom is 1.00 e. The molecule has 0 unspecified atom stereocenters. The first kappa shape index (κ1) is 14.9. The number of hydrogen-bond donors (Lipinski definition) is 1. The smallest absolute Gasteiger partial charge is 0.550 e. The maximum absolute atomic E-state index is 9.96. The quantitative estimate of drug-likeness (QED) is 0.337. The fraction of sp³-hybridized carbons (Fsp3) is 0.875. The van der Waals surface area contributed by atoms with Gasteiger partial charge in [0.05, 0.1) is 0 Å². The molecule has 0 aromatic rings. The summed E-state index contributed by atoms with van der Waals surface area (Å²) in [6, 6.07) is 0. The van der Waals surface area contributed by atoms with Crippen LogP contribution in [-0.4, -0.2) is 12.5 Å². The predicted molar refractivity (Wildman–Crippen MR) is 41.8 cm³/mol. The van der Waals surface area contributed by atoms with Crippen LogP contribution in [0.25, 0.3) is 0 Å². The molecule has 0 radical (unpaired) electrons. The van der Waals surface area contributed by atoms with E-state index in [4.69, 9.17) is 5.73 Å². The molecule has 0 aromatic carbocycles. The molecule has 0 amide bonds. The summed E-state index contributed by atoms with van der Waals surface area (Å²) in [5, 5.41) is 9.96. The van der Waals surface area contributed by atoms with Gasteiger partial charge in [-0.05, 0) is 25.8 Å². The third-order valence-corrected chi connectivity index (χ3v) is 1.59. The second kappa shape index (κ2) is 11.4. The van der Waals surface area contributed by atoms with Gasteiger partial charge in [0.2, 0.25) is 0 Å². The molecule has 0 saturated carbocycles. The molecule has 12 heavy (non-hydrogen) atoms. The van der Waals surface area contributed by atoms with Crippen LogP contribution in [0.2, 0.25) is 0 Å². The predicted octanol–water partition coefficient (Wildman–Crippen LogP) is -2.96. The molecule has 2 N–H and O–H groups in total. The van der Waals surface area contributed by atoms with E-state index in [2.05, 4.69) is 0 Å². The topological polar surface area (TPSA) is 66.2 Å². The van der Waals surface area contributed by atoms with E-state index in [0.717, 1.165) is 38.6 Å². The Balaban J connectivity index is 0. The zero-order valence-electron chi connectivity index (χ0n) is 7.84. The normalized spacial score (nSPS) is 9.08. The van der Waals surface area contributed by atoms with Crippen molar-refractivity contribution in [2.24, 2.45) is 5.73 Å². The van der Waals surface area contributed by atoms with Crippen molar-refractivity contribution in [3.05, 3.63) is 0 Å². The first-order chi connectivity index (χ1) is 5.27. The first-order valence-electron chi connectivity index (χ1n) is 4.17. The van der Waals surface area contributed by atoms with Crippen molar-refractivity contribution in [3.8, 4) is 0 Å². The number of carboxylic acids is 1. The molecular formula is C8H16NNaO2. The zero-order chi connectivity index (χ0) is 8.53. The number of unbranched alkanes of at least 4 members (excludes halogenated alkanes) is 4. The minimum atomic E-state index is -0.941. The Bertz CT molecular complexity index is 109. The summed E-state index contributed by atoms with van der Waals surface area (Å²) in [7, 11) is 0. The van der Waals surface area contributed by atoms with E-state index in [9.17, 15) is 9.90 Å². The molecule has 66 valence electrons. The summed E-state index contributed by atoms with van der Waals surface area (Å²) in [6.45, 7) is 0.737. The molecule has 0 aliphatic rings. The van der Waals surface area contributed by atoms with Crippen molar-refractivity contribution in [2.45, 2.75) is 38.5 Å². The van der Waals surface area contributed by atoms with Crippen LogP contribution in [0.3, 0.4) is 0 Å². The monoisotopic (exact) mass is 181 g/mol. The summed E-state index contributed by atoms with van der Waals surface area (Å²) in [5.74, 6) is -0.941. The third-order valence-electron chi connectivity index (χ3n) is 1.59. The fourth-order valence-electron chi connectivity index (χ4n) is 0.944. The van der Waals surface area contributed by atoms with Crippen LogP contribution < -0.4 is 40.4 Å². The van der Waals surface area contributed by atoms with Crippen molar-refractivity contribution in [2.75, 3.05) is 6.54 Å². The van der Waals surface area contributed by atoms with Gasteiger partial charge in [-0.2, -0.15) is 0 Å². The number of aliphatic carboxylic acids is 1. The van der Waals surface area contributed by atoms with E-state index in [-0.39, 0.29) is 36.0 Å². The third kappa shape index (κ3) is 13.1. The van der Waals surface area contributed by atoms with E-state index in [1.807, 2.05) is 0 Å². The molecular weight excluding hydrogens is 165 g/mol. The Morgan fingerprint density at radius 3 is 2.08 bits per heavy atom. The van der Waals surface area contributed by atoms with Crippen LogP contribution in [0.1, 0.15) is 38.5 Å². The van der Waals surface area contributed by atoms with Crippen LogP contribution in [0.15, 0.2) is 0 Å². The number of carboxylic acid groups (broad SMARTS) is 1. The van der Waals surface area contributed by atoms with Crippen LogP contribution in [0, 0.1) is 0 Å². The number of carbonyl (C=O) groups excluding carboxylic acids is 1. The zero-order valence-corrected chi connectivity index (χ0v) is 9.84. The van der Waals surface area contributed by atoms with Crippen LogP contribution in [0.4, 0.5) is 0 Å². The molecule has 0 fully saturated rings. The Hall–Kier alpha value is 0.430. The largest absolute Gasteiger partial charge is 1.00 e. The molecule has 4 heteroatoms. The molecule has 0 heterocycles. The maximum atomic E-state index is 9.96. The molecule has 0 aliphatic carbocycles. The number of hydrogen-bond acceptors (Lipinski definition) is 3. The van der Waals surface area contributed by atoms with Gasteiger partial charge in [0.25, 0.3) is 0 Å². The fourth-order valence-corrected chi connectivity index (χ4v) is 0.944. The summed E-state index contributed by atoms with van der Waals surface area (Å²) >= 11 is 0. The molecule has 0 rings (SSSR count). The van der Waals surface area contributed by atoms with Crippen molar-refractivity contribution in [3.63, 3.8) is 0 Å². The Morgan fingerprint density at radius 2 is 1.58 bits per heavy atom. The molecule has 0 spiro atoms. The van der Waals surface area contributed by atoms with Gasteiger partial charge in [0.1, 0.15) is 0 Å². The van der Waals surface area contributed by atoms with Crippen molar-refractivity contribution < 1.29 is 39.5 Å². The van der Waals surface area contributed by atoms with Crippen LogP contribution in [-0.2, 0) is 4.79 Å². The number of nitrogens with two attached hydrogens (primary N) is 1. The van der Waals surface area contributed by atoms with Crippen molar-refractivity contribution in [1.82, 2.24) is 0 Å². The molecule has 0 bridgehead atoms. The Morgan fingerprint density at radius 1 is 1.08 bits per heavy atom. The van der Waals surface area contributed by atoms with Crippen LogP contribution >= 0.6 is 0 Å². The summed E-state index contributed by atoms with van der Waals surface area (Å²) in [5.41, 5.74) is 5.29. The van der Waals surface area contributed by atoms with E-state index in [1.165, 1.54) is 0 Å². The Kier molecular flexibility index (Phi) is 14.2. The molecule has 0 aliphatic heterocycles. The van der Waals surface area contributed by atoms with Crippen LogP contribution in [0.5, 0.6) is 0 Å². The Labute approximate surface area is 96.0 Å². The standard InChI is InChI=1S/C8H17NO2.Na/c9-7-5-3-1-2-4-6-8(10)11;/h1-7,9H2,(H,10,11);/q;+1/p-1. The van der Waals surface area contributed by atoms with Gasteiger partial charge < -0.3 is 15.6 Å². The van der Waals surface area contributed by atoms with E-state index < -0.39 is 5.97 Å². The number of carbonyl (C=O) groups is 1. The minimum absolute atomic E-state index is 0. The number of rotatable bonds is 7. The average molecular weight is 181 g/mol. The molecule has 0 aromatic heterocycles. The average Bonchev–Trinajstić information content (AvgIpc) is 1.96. The molecule has 0 saturated heterocycles. The van der Waals surface area contributed by atoms with E-state index in [0.29, 0.717) is 0 Å². The van der Waals surface area contributed by atoms with Gasteiger partial charge in [0, 0.05) is 5.97 Å². The summed E-state index contributed by atoms with van der Waals surface area (Å²) in [4.78, 5) is 9.96. The van der Waals surface area contributed by atoms with E-state index in [1.54, 1.807) is 0 Å². The van der Waals surface area contributed by atoms with Crippen molar-refractivity contribution >= 4 is 5.97 Å². The van der Waals surface area contributed by atoms with E-state index >= 15 is 0 Å². The second-order valence-corrected chi connectivity index (χ2v) is 2.68. The van der Waals surface area contributed by atoms with Gasteiger partial charge in [-0.3, -0.25) is 0 Å². The van der Waals surface area contributed by atoms with Crippen molar-refractivity contribution in [1.29, 1.82) is 0 Å². The summed E-state index contributed by atoms with van der Waals surface area (Å²) < 4.78 is 0. The van der Waals surface area contributed by atoms with Gasteiger partial charge in [-0.25, -0.2) is 0 Å². The summed E-state index contributed by atoms with van der Waals surface area (Å²) in [6.07, 6.45) is 5.17.